The number of anilines is 1. The SMILES string of the molecule is Cc1cccc(-c2n[nH]c(=S)n2CC(=O)Nc2cccc(C3SCCCS3)c2)c1. The molecule has 0 radical (unpaired) electrons. The molecule has 2 N–H and O–H groups in total. The third-order valence-corrected chi connectivity index (χ3v) is 7.93. The molecule has 1 aromatic heterocycles. The van der Waals surface area contributed by atoms with Gasteiger partial charge < -0.3 is 5.32 Å². The minimum absolute atomic E-state index is 0.107. The van der Waals surface area contributed by atoms with Gasteiger partial charge in [-0.3, -0.25) is 14.5 Å². The van der Waals surface area contributed by atoms with Crippen LogP contribution in [0.5, 0.6) is 0 Å². The number of carbonyl (C=O) groups is 1. The Bertz CT molecular complexity index is 1070. The second kappa shape index (κ2) is 9.19. The lowest BCUT2D eigenvalue weighted by Gasteiger charge is -2.21. The van der Waals surface area contributed by atoms with E-state index >= 15 is 0 Å². The molecule has 1 amide bonds. The number of hydrogen-bond acceptors (Lipinski definition) is 5. The summed E-state index contributed by atoms with van der Waals surface area (Å²) in [6.07, 6.45) is 1.26. The second-order valence-corrected chi connectivity index (χ2v) is 10.0. The summed E-state index contributed by atoms with van der Waals surface area (Å²) in [6, 6.07) is 16.1. The van der Waals surface area contributed by atoms with Gasteiger partial charge in [0.15, 0.2) is 10.6 Å². The number of thioether (sulfide) groups is 2. The molecule has 1 fully saturated rings. The van der Waals surface area contributed by atoms with Gasteiger partial charge in [0.2, 0.25) is 5.91 Å². The predicted octanol–water partition coefficient (Wildman–Crippen LogP) is 5.42. The van der Waals surface area contributed by atoms with Gasteiger partial charge >= 0.3 is 0 Å². The average Bonchev–Trinajstić information content (AvgIpc) is 3.09. The number of nitrogens with zero attached hydrogens (tertiary/aromatic N) is 2. The van der Waals surface area contributed by atoms with E-state index in [4.69, 9.17) is 12.2 Å². The lowest BCUT2D eigenvalue weighted by Crippen LogP contribution is -2.19. The van der Waals surface area contributed by atoms with E-state index in [1.54, 1.807) is 4.57 Å². The summed E-state index contributed by atoms with van der Waals surface area (Å²) in [7, 11) is 0. The Morgan fingerprint density at radius 2 is 2.03 bits per heavy atom. The molecular weight excluding hydrogens is 420 g/mol. The Morgan fingerprint density at radius 3 is 2.83 bits per heavy atom. The van der Waals surface area contributed by atoms with Crippen LogP contribution >= 0.6 is 35.7 Å². The molecule has 1 aliphatic rings. The van der Waals surface area contributed by atoms with Crippen LogP contribution in [0.15, 0.2) is 48.5 Å². The summed E-state index contributed by atoms with van der Waals surface area (Å²) in [4.78, 5) is 12.7. The van der Waals surface area contributed by atoms with Crippen LogP contribution in [0, 0.1) is 11.7 Å². The number of nitrogens with one attached hydrogen (secondary N) is 2. The first kappa shape index (κ1) is 20.3. The van der Waals surface area contributed by atoms with E-state index in [0.717, 1.165) is 16.8 Å². The molecule has 0 aliphatic carbocycles. The smallest absolute Gasteiger partial charge is 0.244 e. The molecule has 2 heterocycles. The zero-order valence-corrected chi connectivity index (χ0v) is 18.5. The van der Waals surface area contributed by atoms with Crippen molar-refractivity contribution in [2.45, 2.75) is 24.5 Å². The Morgan fingerprint density at radius 1 is 1.24 bits per heavy atom. The van der Waals surface area contributed by atoms with Crippen molar-refractivity contribution in [1.29, 1.82) is 0 Å². The zero-order chi connectivity index (χ0) is 20.2. The zero-order valence-electron chi connectivity index (χ0n) is 16.1. The van der Waals surface area contributed by atoms with Gasteiger partial charge in [0.1, 0.15) is 6.54 Å². The summed E-state index contributed by atoms with van der Waals surface area (Å²) < 4.78 is 2.60. The second-order valence-electron chi connectivity index (χ2n) is 6.91. The molecule has 150 valence electrons. The number of carbonyl (C=O) groups excluding carboxylic acids is 1. The van der Waals surface area contributed by atoms with Crippen LogP contribution < -0.4 is 5.32 Å². The fourth-order valence-electron chi connectivity index (χ4n) is 3.26. The van der Waals surface area contributed by atoms with Crippen LogP contribution in [0.1, 0.15) is 22.1 Å². The Balaban J connectivity index is 1.50. The quantitative estimate of drug-likeness (QED) is 0.516. The topological polar surface area (TPSA) is 62.7 Å². The van der Waals surface area contributed by atoms with Crippen molar-refractivity contribution < 1.29 is 4.79 Å². The van der Waals surface area contributed by atoms with Gasteiger partial charge in [-0.25, -0.2) is 0 Å². The molecule has 0 unspecified atom stereocenters. The molecule has 3 aromatic rings. The fourth-order valence-corrected chi connectivity index (χ4v) is 6.33. The van der Waals surface area contributed by atoms with E-state index in [0.29, 0.717) is 15.2 Å². The molecule has 8 heteroatoms. The van der Waals surface area contributed by atoms with E-state index in [-0.39, 0.29) is 12.5 Å². The van der Waals surface area contributed by atoms with E-state index < -0.39 is 0 Å². The van der Waals surface area contributed by atoms with E-state index in [9.17, 15) is 4.79 Å². The molecule has 5 nitrogen and oxygen atoms in total. The highest BCUT2D eigenvalue weighted by Crippen LogP contribution is 2.44. The third-order valence-electron chi connectivity index (χ3n) is 4.61. The Labute approximate surface area is 183 Å². The van der Waals surface area contributed by atoms with Crippen molar-refractivity contribution in [2.24, 2.45) is 0 Å². The molecule has 1 aliphatic heterocycles. The predicted molar refractivity (Wildman–Crippen MR) is 125 cm³/mol. The molecule has 4 rings (SSSR count). The minimum atomic E-state index is -0.127. The number of H-pyrrole nitrogens is 1. The van der Waals surface area contributed by atoms with Gasteiger partial charge in [0.05, 0.1) is 4.58 Å². The molecule has 0 atom stereocenters. The van der Waals surface area contributed by atoms with E-state index in [1.165, 1.54) is 23.5 Å². The lowest BCUT2D eigenvalue weighted by molar-refractivity contribution is -0.116. The first-order chi connectivity index (χ1) is 14.1. The maximum absolute atomic E-state index is 12.7. The maximum atomic E-state index is 12.7. The van der Waals surface area contributed by atoms with Crippen LogP contribution in [-0.4, -0.2) is 32.2 Å². The minimum Gasteiger partial charge on any atom is -0.325 e. The summed E-state index contributed by atoms with van der Waals surface area (Å²) in [5.74, 6) is 2.92. The molecule has 29 heavy (non-hydrogen) atoms. The molecule has 1 saturated heterocycles. The summed E-state index contributed by atoms with van der Waals surface area (Å²) in [6.45, 7) is 2.13. The van der Waals surface area contributed by atoms with Gasteiger partial charge in [0.25, 0.3) is 0 Å². The van der Waals surface area contributed by atoms with Crippen molar-refractivity contribution in [3.63, 3.8) is 0 Å². The highest BCUT2D eigenvalue weighted by atomic mass is 32.2. The monoisotopic (exact) mass is 442 g/mol. The number of rotatable bonds is 5. The first-order valence-corrected chi connectivity index (χ1v) is 12.0. The van der Waals surface area contributed by atoms with Crippen molar-refractivity contribution in [1.82, 2.24) is 14.8 Å². The third kappa shape index (κ3) is 4.94. The van der Waals surface area contributed by atoms with Gasteiger partial charge in [-0.1, -0.05) is 35.9 Å². The maximum Gasteiger partial charge on any atom is 0.244 e. The molecule has 2 aromatic carbocycles. The average molecular weight is 443 g/mol. The number of aromatic amines is 1. The number of amides is 1. The largest absolute Gasteiger partial charge is 0.325 e. The van der Waals surface area contributed by atoms with Crippen LogP contribution in [-0.2, 0) is 11.3 Å². The van der Waals surface area contributed by atoms with Gasteiger partial charge in [0, 0.05) is 11.3 Å². The molecule has 0 saturated carbocycles. The fraction of sp³-hybridized carbons (Fsp3) is 0.286. The van der Waals surface area contributed by atoms with Crippen LogP contribution in [0.3, 0.4) is 0 Å². The number of aromatic nitrogens is 3. The summed E-state index contributed by atoms with van der Waals surface area (Å²) >= 11 is 9.29. The van der Waals surface area contributed by atoms with Crippen LogP contribution in [0.2, 0.25) is 0 Å². The lowest BCUT2D eigenvalue weighted by atomic mass is 10.1. The van der Waals surface area contributed by atoms with Crippen molar-refractivity contribution in [2.75, 3.05) is 16.8 Å². The van der Waals surface area contributed by atoms with Crippen molar-refractivity contribution in [3.8, 4) is 11.4 Å². The Hall–Kier alpha value is -2.03. The number of aryl methyl sites for hydroxylation is 1. The number of benzene rings is 2. The van der Waals surface area contributed by atoms with Crippen LogP contribution in [0.4, 0.5) is 5.69 Å². The standard InChI is InChI=1S/C21H22N4OS3/c1-14-5-2-6-15(11-14)19-23-24-21(27)25(19)13-18(26)22-17-8-3-7-16(12-17)20-28-9-4-10-29-20/h2-3,5-8,11-12,20H,4,9-10,13H2,1H3,(H,22,26)(H,24,27). The van der Waals surface area contributed by atoms with Gasteiger partial charge in [-0.15, -0.1) is 23.5 Å². The van der Waals surface area contributed by atoms with Gasteiger partial charge in [-0.2, -0.15) is 5.10 Å². The first-order valence-electron chi connectivity index (χ1n) is 9.45. The molecular formula is C21H22N4OS3. The van der Waals surface area contributed by atoms with E-state index in [2.05, 4.69) is 27.6 Å². The van der Waals surface area contributed by atoms with Crippen LogP contribution in [0.25, 0.3) is 11.4 Å². The summed E-state index contributed by atoms with van der Waals surface area (Å²) in [5, 5.41) is 10.1. The van der Waals surface area contributed by atoms with Crippen molar-refractivity contribution >= 4 is 47.3 Å². The van der Waals surface area contributed by atoms with E-state index in [1.807, 2.05) is 66.8 Å². The molecule has 0 spiro atoms. The highest BCUT2D eigenvalue weighted by molar-refractivity contribution is 8.16. The summed E-state index contributed by atoms with van der Waals surface area (Å²) in [5.41, 5.74) is 4.12. The normalized spacial score (nSPS) is 14.7. The van der Waals surface area contributed by atoms with Gasteiger partial charge in [-0.05, 0) is 60.8 Å². The highest BCUT2D eigenvalue weighted by Gasteiger charge is 2.17. The Kier molecular flexibility index (Phi) is 6.42. The van der Waals surface area contributed by atoms with Crippen molar-refractivity contribution in [3.05, 3.63) is 64.4 Å². The number of hydrogen-bond donors (Lipinski definition) is 2. The molecule has 0 bridgehead atoms.